The number of rotatable bonds is 3. The van der Waals surface area contributed by atoms with Crippen molar-refractivity contribution in [2.75, 3.05) is 12.8 Å². The molecule has 1 aromatic carbocycles. The number of imide groups is 1. The second-order valence-electron chi connectivity index (χ2n) is 3.87. The summed E-state index contributed by atoms with van der Waals surface area (Å²) in [6.45, 7) is 3.68. The number of anilines is 1. The fourth-order valence-corrected chi connectivity index (χ4v) is 2.27. The summed E-state index contributed by atoms with van der Waals surface area (Å²) < 4.78 is 0. The van der Waals surface area contributed by atoms with Crippen LogP contribution in [0.15, 0.2) is 23.1 Å². The molecule has 0 aliphatic carbocycles. The van der Waals surface area contributed by atoms with Gasteiger partial charge in [0.15, 0.2) is 0 Å². The van der Waals surface area contributed by atoms with E-state index in [0.717, 1.165) is 10.5 Å². The van der Waals surface area contributed by atoms with Crippen LogP contribution < -0.4 is 16.4 Å². The number of urea groups is 1. The van der Waals surface area contributed by atoms with Gasteiger partial charge in [-0.1, -0.05) is 6.07 Å². The number of benzene rings is 1. The van der Waals surface area contributed by atoms with Crippen molar-refractivity contribution >= 4 is 29.4 Å². The van der Waals surface area contributed by atoms with Crippen molar-refractivity contribution in [2.24, 2.45) is 0 Å². The highest BCUT2D eigenvalue weighted by molar-refractivity contribution is 8.00. The maximum atomic E-state index is 11.7. The first kappa shape index (κ1) is 14.4. The molecule has 98 valence electrons. The minimum atomic E-state index is -0.510. The van der Waals surface area contributed by atoms with Gasteiger partial charge < -0.3 is 11.1 Å². The van der Waals surface area contributed by atoms with Gasteiger partial charge in [-0.25, -0.2) is 4.79 Å². The average Bonchev–Trinajstić information content (AvgIpc) is 2.33. The third kappa shape index (κ3) is 3.96. The minimum absolute atomic E-state index is 0.347. The lowest BCUT2D eigenvalue weighted by atomic mass is 10.2. The Hall–Kier alpha value is -1.69. The summed E-state index contributed by atoms with van der Waals surface area (Å²) in [4.78, 5) is 23.5. The lowest BCUT2D eigenvalue weighted by Gasteiger charge is -2.12. The number of nitrogens with two attached hydrogens (primary N) is 1. The van der Waals surface area contributed by atoms with Crippen LogP contribution in [-0.2, 0) is 4.79 Å². The van der Waals surface area contributed by atoms with E-state index in [1.54, 1.807) is 13.0 Å². The highest BCUT2D eigenvalue weighted by Crippen LogP contribution is 2.29. The second-order valence-corrected chi connectivity index (χ2v) is 5.25. The number of aryl methyl sites for hydroxylation is 1. The molecule has 0 spiro atoms. The van der Waals surface area contributed by atoms with Crippen LogP contribution >= 0.6 is 11.8 Å². The molecule has 5 nitrogen and oxygen atoms in total. The van der Waals surface area contributed by atoms with Gasteiger partial charge in [0.05, 0.1) is 5.25 Å². The molecule has 0 saturated heterocycles. The third-order valence-electron chi connectivity index (χ3n) is 2.31. The van der Waals surface area contributed by atoms with E-state index in [2.05, 4.69) is 10.6 Å². The fourth-order valence-electron chi connectivity index (χ4n) is 1.26. The maximum absolute atomic E-state index is 11.7. The summed E-state index contributed by atoms with van der Waals surface area (Å²) in [5.41, 5.74) is 7.54. The quantitative estimate of drug-likeness (QED) is 0.572. The first-order valence-electron chi connectivity index (χ1n) is 5.49. The predicted octanol–water partition coefficient (Wildman–Crippen LogP) is 1.51. The van der Waals surface area contributed by atoms with Crippen molar-refractivity contribution < 1.29 is 9.59 Å². The Balaban J connectivity index is 2.69. The van der Waals surface area contributed by atoms with Crippen molar-refractivity contribution in [3.63, 3.8) is 0 Å². The normalized spacial score (nSPS) is 11.7. The van der Waals surface area contributed by atoms with Crippen LogP contribution in [0.2, 0.25) is 0 Å². The number of thioether (sulfide) groups is 1. The first-order chi connectivity index (χ1) is 8.43. The molecule has 0 bridgehead atoms. The van der Waals surface area contributed by atoms with Gasteiger partial charge in [0.1, 0.15) is 0 Å². The zero-order valence-corrected chi connectivity index (χ0v) is 11.4. The smallest absolute Gasteiger partial charge is 0.321 e. The number of hydrogen-bond donors (Lipinski definition) is 3. The van der Waals surface area contributed by atoms with E-state index in [1.165, 1.54) is 18.8 Å². The summed E-state index contributed by atoms with van der Waals surface area (Å²) in [5.74, 6) is -0.347. The van der Waals surface area contributed by atoms with E-state index >= 15 is 0 Å². The fraction of sp³-hybridized carbons (Fsp3) is 0.333. The zero-order valence-electron chi connectivity index (χ0n) is 10.6. The Bertz CT molecular complexity index is 463. The summed E-state index contributed by atoms with van der Waals surface area (Å²) in [5, 5.41) is 4.17. The van der Waals surface area contributed by atoms with E-state index in [-0.39, 0.29) is 5.91 Å². The van der Waals surface area contributed by atoms with Crippen molar-refractivity contribution in [1.29, 1.82) is 0 Å². The summed E-state index contributed by atoms with van der Waals surface area (Å²) in [6, 6.07) is 5.13. The Morgan fingerprint density at radius 1 is 1.39 bits per heavy atom. The predicted molar refractivity (Wildman–Crippen MR) is 73.5 cm³/mol. The molecule has 0 aliphatic rings. The lowest BCUT2D eigenvalue weighted by molar-refractivity contribution is -0.119. The van der Waals surface area contributed by atoms with Gasteiger partial charge in [-0.05, 0) is 31.5 Å². The first-order valence-corrected chi connectivity index (χ1v) is 6.37. The largest absolute Gasteiger partial charge is 0.398 e. The van der Waals surface area contributed by atoms with E-state index in [0.29, 0.717) is 5.69 Å². The lowest BCUT2D eigenvalue weighted by Crippen LogP contribution is -2.41. The number of hydrogen-bond acceptors (Lipinski definition) is 4. The van der Waals surface area contributed by atoms with Gasteiger partial charge in [-0.15, -0.1) is 11.8 Å². The molecule has 4 N–H and O–H groups in total. The van der Waals surface area contributed by atoms with E-state index in [9.17, 15) is 9.59 Å². The van der Waals surface area contributed by atoms with Crippen LogP contribution in [0.25, 0.3) is 0 Å². The van der Waals surface area contributed by atoms with Crippen molar-refractivity contribution in [2.45, 2.75) is 24.0 Å². The monoisotopic (exact) mass is 267 g/mol. The van der Waals surface area contributed by atoms with Crippen LogP contribution in [0.1, 0.15) is 12.5 Å². The SMILES string of the molecule is CNC(=O)NC(=O)C(C)Sc1cc(C)ccc1N. The van der Waals surface area contributed by atoms with Crippen molar-refractivity contribution in [1.82, 2.24) is 10.6 Å². The van der Waals surface area contributed by atoms with E-state index < -0.39 is 11.3 Å². The Morgan fingerprint density at radius 2 is 2.06 bits per heavy atom. The molecule has 3 amide bonds. The van der Waals surface area contributed by atoms with Crippen LogP contribution in [-0.4, -0.2) is 24.2 Å². The van der Waals surface area contributed by atoms with Crippen LogP contribution in [0.5, 0.6) is 0 Å². The molecular formula is C12H17N3O2S. The molecule has 0 fully saturated rings. The molecule has 1 atom stereocenters. The third-order valence-corrected chi connectivity index (χ3v) is 3.48. The number of carbonyl (C=O) groups is 2. The highest BCUT2D eigenvalue weighted by Gasteiger charge is 2.17. The summed E-state index contributed by atoms with van der Waals surface area (Å²) in [6.07, 6.45) is 0. The second kappa shape index (κ2) is 6.30. The molecule has 0 aromatic heterocycles. The van der Waals surface area contributed by atoms with Gasteiger partial charge in [-0.3, -0.25) is 10.1 Å². The molecule has 1 aromatic rings. The average molecular weight is 267 g/mol. The number of nitrogens with one attached hydrogen (secondary N) is 2. The van der Waals surface area contributed by atoms with Crippen LogP contribution in [0.4, 0.5) is 10.5 Å². The number of nitrogen functional groups attached to an aromatic ring is 1. The molecular weight excluding hydrogens is 250 g/mol. The van der Waals surface area contributed by atoms with Gasteiger partial charge in [0.25, 0.3) is 0 Å². The van der Waals surface area contributed by atoms with Gasteiger partial charge in [0.2, 0.25) is 5.91 Å². The molecule has 0 aliphatic heterocycles. The van der Waals surface area contributed by atoms with E-state index in [1.807, 2.05) is 19.1 Å². The Kier molecular flexibility index (Phi) is 5.03. The molecule has 1 rings (SSSR count). The van der Waals surface area contributed by atoms with Crippen molar-refractivity contribution in [3.05, 3.63) is 23.8 Å². The zero-order chi connectivity index (χ0) is 13.7. The molecule has 0 heterocycles. The van der Waals surface area contributed by atoms with Crippen LogP contribution in [0, 0.1) is 6.92 Å². The highest BCUT2D eigenvalue weighted by atomic mass is 32.2. The summed E-state index contributed by atoms with van der Waals surface area (Å²) in [7, 11) is 1.46. The molecule has 18 heavy (non-hydrogen) atoms. The van der Waals surface area contributed by atoms with Gasteiger partial charge in [0, 0.05) is 17.6 Å². The Labute approximate surface area is 111 Å². The maximum Gasteiger partial charge on any atom is 0.321 e. The minimum Gasteiger partial charge on any atom is -0.398 e. The van der Waals surface area contributed by atoms with Crippen molar-refractivity contribution in [3.8, 4) is 0 Å². The number of carbonyl (C=O) groups excluding carboxylic acids is 2. The van der Waals surface area contributed by atoms with Gasteiger partial charge in [-0.2, -0.15) is 0 Å². The summed E-state index contributed by atoms with van der Waals surface area (Å²) >= 11 is 1.33. The molecule has 1 unspecified atom stereocenters. The topological polar surface area (TPSA) is 84.2 Å². The number of amides is 3. The van der Waals surface area contributed by atoms with Gasteiger partial charge >= 0.3 is 6.03 Å². The van der Waals surface area contributed by atoms with Crippen LogP contribution in [0.3, 0.4) is 0 Å². The standard InChI is InChI=1S/C12H17N3O2S/c1-7-4-5-9(13)10(6-7)18-8(2)11(16)15-12(17)14-3/h4-6,8H,13H2,1-3H3,(H2,14,15,16,17). The molecule has 0 radical (unpaired) electrons. The Morgan fingerprint density at radius 3 is 2.67 bits per heavy atom. The van der Waals surface area contributed by atoms with E-state index in [4.69, 9.17) is 5.73 Å². The molecule has 6 heteroatoms. The molecule has 0 saturated carbocycles.